The lowest BCUT2D eigenvalue weighted by Gasteiger charge is -2.39. The molecule has 2 aromatic carbocycles. The summed E-state index contributed by atoms with van der Waals surface area (Å²) < 4.78 is 65.8. The molecule has 8 N–H and O–H groups in total. The lowest BCUT2D eigenvalue weighted by atomic mass is 9.89. The molecule has 0 unspecified atom stereocenters. The van der Waals surface area contributed by atoms with Gasteiger partial charge >= 0.3 is 6.18 Å². The summed E-state index contributed by atoms with van der Waals surface area (Å²) in [7, 11) is -4.72. The van der Waals surface area contributed by atoms with Gasteiger partial charge in [-0.1, -0.05) is 30.3 Å². The number of likely N-dealkylation sites (tertiary alicyclic amines) is 1. The minimum Gasteiger partial charge on any atom is -0.330 e. The monoisotopic (exact) mass is 499 g/mol. The summed E-state index contributed by atoms with van der Waals surface area (Å²) in [5.74, 6) is 0.380. The number of rotatable bonds is 8. The summed E-state index contributed by atoms with van der Waals surface area (Å²) in [5, 5.41) is 5.28. The molecular formula is C21H28F3N7O2S. The van der Waals surface area contributed by atoms with E-state index in [0.29, 0.717) is 23.6 Å². The second-order valence-electron chi connectivity index (χ2n) is 8.49. The van der Waals surface area contributed by atoms with Gasteiger partial charge in [-0.05, 0) is 48.7 Å². The number of nitrogens with zero attached hydrogens (tertiary/aromatic N) is 1. The zero-order chi connectivity index (χ0) is 24.5. The molecule has 0 amide bonds. The van der Waals surface area contributed by atoms with Crippen molar-refractivity contribution in [2.45, 2.75) is 36.0 Å². The number of hydrogen-bond donors (Lipinski definition) is 6. The molecular weight excluding hydrogens is 471 g/mol. The van der Waals surface area contributed by atoms with Gasteiger partial charge in [0.1, 0.15) is 11.1 Å². The Balaban J connectivity index is 1.67. The number of halogens is 3. The molecule has 0 aliphatic carbocycles. The van der Waals surface area contributed by atoms with E-state index in [-0.39, 0.29) is 5.56 Å². The Labute approximate surface area is 196 Å². The van der Waals surface area contributed by atoms with Crippen molar-refractivity contribution < 1.29 is 21.6 Å². The van der Waals surface area contributed by atoms with Crippen LogP contribution in [0.25, 0.3) is 11.1 Å². The fraction of sp³-hybridized carbons (Fsp3) is 0.429. The summed E-state index contributed by atoms with van der Waals surface area (Å²) in [6.07, 6.45) is -3.82. The van der Waals surface area contributed by atoms with E-state index >= 15 is 0 Å². The van der Waals surface area contributed by atoms with Crippen LogP contribution in [0.1, 0.15) is 41.6 Å². The van der Waals surface area contributed by atoms with Gasteiger partial charge in [-0.25, -0.2) is 24.4 Å². The normalized spacial score (nSPS) is 18.4. The molecule has 13 heteroatoms. The number of primary sulfonamides is 1. The van der Waals surface area contributed by atoms with Gasteiger partial charge in [0.2, 0.25) is 10.0 Å². The van der Waals surface area contributed by atoms with E-state index in [1.54, 1.807) is 12.1 Å². The van der Waals surface area contributed by atoms with E-state index in [4.69, 9.17) is 10.9 Å². The molecule has 4 rings (SSSR count). The van der Waals surface area contributed by atoms with Crippen molar-refractivity contribution in [1.29, 1.82) is 0 Å². The highest BCUT2D eigenvalue weighted by Crippen LogP contribution is 2.41. The Morgan fingerprint density at radius 1 is 1.00 bits per heavy atom. The van der Waals surface area contributed by atoms with Crippen LogP contribution in [0, 0.1) is 0 Å². The molecule has 186 valence electrons. The maximum absolute atomic E-state index is 13.7. The van der Waals surface area contributed by atoms with Crippen LogP contribution in [0.4, 0.5) is 13.2 Å². The zero-order valence-electron chi connectivity index (χ0n) is 18.3. The molecule has 0 atom stereocenters. The minimum absolute atomic E-state index is 0.128. The van der Waals surface area contributed by atoms with Gasteiger partial charge in [0, 0.05) is 24.6 Å². The van der Waals surface area contributed by atoms with Gasteiger partial charge in [0.05, 0.1) is 5.56 Å². The third-order valence-corrected chi connectivity index (χ3v) is 7.16. The summed E-state index contributed by atoms with van der Waals surface area (Å²) in [4.78, 5) is 1.39. The molecule has 0 saturated carbocycles. The molecule has 2 aliphatic rings. The maximum atomic E-state index is 13.7. The Kier molecular flexibility index (Phi) is 7.26. The fourth-order valence-electron chi connectivity index (χ4n) is 4.44. The second-order valence-corrected chi connectivity index (χ2v) is 9.99. The molecule has 2 fully saturated rings. The standard InChI is InChI=1S/C21H28F3N7O2S/c22-21(23,24)17-8-7-16(18(19(17)34(26,32)33)20-27-29-30-28-20)14-5-3-13(4-6-14)15-11-31(12-15)10-2-1-9-25/h3-8,15,20,27-30H,1-2,9-12,25H2,(H2,26,32,33). The summed E-state index contributed by atoms with van der Waals surface area (Å²) in [6, 6.07) is 9.48. The first-order valence-electron chi connectivity index (χ1n) is 10.9. The van der Waals surface area contributed by atoms with Crippen molar-refractivity contribution in [2.75, 3.05) is 26.2 Å². The fourth-order valence-corrected chi connectivity index (χ4v) is 5.47. The summed E-state index contributed by atoms with van der Waals surface area (Å²) in [6.45, 7) is 3.59. The minimum atomic E-state index is -4.90. The van der Waals surface area contributed by atoms with Crippen molar-refractivity contribution in [3.05, 3.63) is 53.1 Å². The average molecular weight is 500 g/mol. The number of unbranched alkanes of at least 4 members (excludes halogenated alkanes) is 1. The summed E-state index contributed by atoms with van der Waals surface area (Å²) >= 11 is 0. The van der Waals surface area contributed by atoms with Gasteiger partial charge in [-0.2, -0.15) is 24.2 Å². The topological polar surface area (TPSA) is 138 Å². The highest BCUT2D eigenvalue weighted by atomic mass is 32.2. The number of nitrogens with two attached hydrogens (primary N) is 2. The lowest BCUT2D eigenvalue weighted by Crippen LogP contribution is -2.45. The van der Waals surface area contributed by atoms with E-state index in [9.17, 15) is 21.6 Å². The van der Waals surface area contributed by atoms with Gasteiger partial charge in [-0.15, -0.1) is 0 Å². The van der Waals surface area contributed by atoms with E-state index in [1.807, 2.05) is 12.1 Å². The highest BCUT2D eigenvalue weighted by Gasteiger charge is 2.40. The molecule has 0 aromatic heterocycles. The number of hydrazine groups is 3. The first kappa shape index (κ1) is 25.0. The first-order chi connectivity index (χ1) is 16.1. The van der Waals surface area contributed by atoms with Crippen molar-refractivity contribution in [3.8, 4) is 11.1 Å². The van der Waals surface area contributed by atoms with Crippen molar-refractivity contribution in [1.82, 2.24) is 26.8 Å². The van der Waals surface area contributed by atoms with Crippen LogP contribution < -0.4 is 32.8 Å². The van der Waals surface area contributed by atoms with Crippen LogP contribution in [-0.4, -0.2) is 39.5 Å². The molecule has 9 nitrogen and oxygen atoms in total. The molecule has 0 bridgehead atoms. The number of hydrogen-bond acceptors (Lipinski definition) is 8. The molecule has 2 saturated heterocycles. The Morgan fingerprint density at radius 3 is 2.21 bits per heavy atom. The van der Waals surface area contributed by atoms with Crippen LogP contribution in [0.3, 0.4) is 0 Å². The molecule has 2 aliphatic heterocycles. The molecule has 0 radical (unpaired) electrons. The maximum Gasteiger partial charge on any atom is 0.417 e. The third-order valence-electron chi connectivity index (χ3n) is 6.15. The van der Waals surface area contributed by atoms with E-state index in [0.717, 1.165) is 44.1 Å². The average Bonchev–Trinajstić information content (AvgIpc) is 3.28. The Morgan fingerprint density at radius 2 is 1.65 bits per heavy atom. The largest absolute Gasteiger partial charge is 0.417 e. The molecule has 34 heavy (non-hydrogen) atoms. The highest BCUT2D eigenvalue weighted by molar-refractivity contribution is 7.89. The van der Waals surface area contributed by atoms with Crippen LogP contribution in [0.2, 0.25) is 0 Å². The van der Waals surface area contributed by atoms with Crippen molar-refractivity contribution in [3.63, 3.8) is 0 Å². The molecule has 2 aromatic rings. The smallest absolute Gasteiger partial charge is 0.330 e. The van der Waals surface area contributed by atoms with Gasteiger partial charge in [0.25, 0.3) is 0 Å². The number of alkyl halides is 3. The van der Waals surface area contributed by atoms with E-state index in [1.165, 1.54) is 6.07 Å². The van der Waals surface area contributed by atoms with Crippen LogP contribution in [-0.2, 0) is 16.2 Å². The zero-order valence-corrected chi connectivity index (χ0v) is 19.1. The lowest BCUT2D eigenvalue weighted by molar-refractivity contribution is -0.140. The van der Waals surface area contributed by atoms with Crippen LogP contribution >= 0.6 is 0 Å². The predicted molar refractivity (Wildman–Crippen MR) is 121 cm³/mol. The quantitative estimate of drug-likeness (QED) is 0.299. The molecule has 0 spiro atoms. The SMILES string of the molecule is NCCCCN1CC(c2ccc(-c3ccc(C(F)(F)F)c(S(N)(=O)=O)c3C3NNNN3)cc2)C1. The van der Waals surface area contributed by atoms with Gasteiger partial charge in [0.15, 0.2) is 0 Å². The molecule has 2 heterocycles. The number of nitrogens with one attached hydrogen (secondary N) is 4. The van der Waals surface area contributed by atoms with E-state index in [2.05, 4.69) is 26.8 Å². The Bertz CT molecular complexity index is 1110. The first-order valence-corrected chi connectivity index (χ1v) is 12.4. The summed E-state index contributed by atoms with van der Waals surface area (Å²) in [5.41, 5.74) is 16.5. The van der Waals surface area contributed by atoms with Crippen molar-refractivity contribution in [2.24, 2.45) is 10.9 Å². The van der Waals surface area contributed by atoms with Gasteiger partial charge in [-0.3, -0.25) is 0 Å². The van der Waals surface area contributed by atoms with Crippen LogP contribution in [0.15, 0.2) is 41.3 Å². The number of benzene rings is 2. The van der Waals surface area contributed by atoms with Crippen molar-refractivity contribution >= 4 is 10.0 Å². The van der Waals surface area contributed by atoms with E-state index < -0.39 is 32.8 Å². The Hall–Kier alpha value is -2.10. The van der Waals surface area contributed by atoms with Gasteiger partial charge < -0.3 is 10.6 Å². The second kappa shape index (κ2) is 9.87. The third kappa shape index (κ3) is 5.26. The number of sulfonamides is 1. The van der Waals surface area contributed by atoms with Crippen LogP contribution in [0.5, 0.6) is 0 Å². The predicted octanol–water partition coefficient (Wildman–Crippen LogP) is 1.27.